The van der Waals surface area contributed by atoms with Crippen LogP contribution >= 0.6 is 0 Å². The summed E-state index contributed by atoms with van der Waals surface area (Å²) in [6.07, 6.45) is -2.55. The first kappa shape index (κ1) is 20.3. The zero-order chi connectivity index (χ0) is 18.1. The van der Waals surface area contributed by atoms with Crippen LogP contribution in [0.25, 0.3) is 0 Å². The largest absolute Gasteiger partial charge is 0.479 e. The number of hydrogen-bond donors (Lipinski definition) is 6. The van der Waals surface area contributed by atoms with Gasteiger partial charge in [-0.15, -0.1) is 0 Å². The van der Waals surface area contributed by atoms with Crippen molar-refractivity contribution in [2.75, 3.05) is 6.61 Å². The summed E-state index contributed by atoms with van der Waals surface area (Å²) >= 11 is 0. The lowest BCUT2D eigenvalue weighted by molar-refractivity contribution is -0.251. The molecule has 0 fully saturated rings. The first-order valence-corrected chi connectivity index (χ1v) is 5.98. The molecule has 126 valence electrons. The van der Waals surface area contributed by atoms with E-state index in [1.54, 1.807) is 0 Å². The van der Waals surface area contributed by atoms with Crippen molar-refractivity contribution in [3.63, 3.8) is 0 Å². The highest BCUT2D eigenvalue weighted by Crippen LogP contribution is 2.38. The minimum Gasteiger partial charge on any atom is -0.479 e. The van der Waals surface area contributed by atoms with E-state index in [1.165, 1.54) is 0 Å². The fourth-order valence-electron chi connectivity index (χ4n) is 2.22. The van der Waals surface area contributed by atoms with Gasteiger partial charge in [-0.05, 0) is 20.8 Å². The quantitative estimate of drug-likeness (QED) is 0.243. The summed E-state index contributed by atoms with van der Waals surface area (Å²) in [7, 11) is 0. The number of ketones is 3. The van der Waals surface area contributed by atoms with Gasteiger partial charge in [-0.2, -0.15) is 0 Å². The molecular formula is C12H18O10. The van der Waals surface area contributed by atoms with E-state index in [0.29, 0.717) is 20.8 Å². The molecule has 0 saturated heterocycles. The van der Waals surface area contributed by atoms with E-state index >= 15 is 0 Å². The topological polar surface area (TPSA) is 190 Å². The molecule has 0 saturated carbocycles. The number of aliphatic hydroxyl groups excluding tert-OH is 2. The van der Waals surface area contributed by atoms with E-state index in [9.17, 15) is 39.6 Å². The molecule has 6 N–H and O–H groups in total. The molecule has 0 aromatic heterocycles. The Balaban J connectivity index is 6.89. The first-order chi connectivity index (χ1) is 9.75. The summed E-state index contributed by atoms with van der Waals surface area (Å²) in [5, 5.41) is 58.3. The molecule has 0 aromatic carbocycles. The van der Waals surface area contributed by atoms with Crippen LogP contribution in [0.4, 0.5) is 0 Å². The van der Waals surface area contributed by atoms with Crippen molar-refractivity contribution in [2.45, 2.75) is 43.7 Å². The molecule has 22 heavy (non-hydrogen) atoms. The van der Waals surface area contributed by atoms with Crippen molar-refractivity contribution in [2.24, 2.45) is 0 Å². The van der Waals surface area contributed by atoms with E-state index in [4.69, 9.17) is 10.2 Å². The van der Waals surface area contributed by atoms with Crippen LogP contribution in [-0.2, 0) is 19.2 Å². The highest BCUT2D eigenvalue weighted by Gasteiger charge is 2.74. The second kappa shape index (κ2) is 6.18. The summed E-state index contributed by atoms with van der Waals surface area (Å²) in [6.45, 7) is 0.178. The number of carbonyl (C=O) groups is 4. The van der Waals surface area contributed by atoms with Gasteiger partial charge in [-0.1, -0.05) is 0 Å². The summed E-state index contributed by atoms with van der Waals surface area (Å²) < 4.78 is 0. The van der Waals surface area contributed by atoms with Crippen LogP contribution in [0.3, 0.4) is 0 Å². The van der Waals surface area contributed by atoms with E-state index in [-0.39, 0.29) is 0 Å². The van der Waals surface area contributed by atoms with Crippen LogP contribution in [0, 0.1) is 0 Å². The number of hydrogen-bond acceptors (Lipinski definition) is 9. The van der Waals surface area contributed by atoms with Crippen LogP contribution in [0.15, 0.2) is 0 Å². The molecule has 4 atom stereocenters. The first-order valence-electron chi connectivity index (χ1n) is 5.98. The highest BCUT2D eigenvalue weighted by atomic mass is 16.5. The maximum absolute atomic E-state index is 11.8. The molecule has 0 amide bonds. The van der Waals surface area contributed by atoms with E-state index in [0.717, 1.165) is 0 Å². The number of Topliss-reactive ketones (excluding diaryl/α,β-unsaturated/α-hetero) is 3. The summed E-state index contributed by atoms with van der Waals surface area (Å²) in [5.74, 6) is -7.34. The molecule has 0 rings (SSSR count). The molecule has 0 aliphatic heterocycles. The van der Waals surface area contributed by atoms with E-state index in [2.05, 4.69) is 0 Å². The van der Waals surface area contributed by atoms with Crippen LogP contribution in [0.2, 0.25) is 0 Å². The van der Waals surface area contributed by atoms with Crippen LogP contribution < -0.4 is 0 Å². The average Bonchev–Trinajstić information content (AvgIpc) is 2.42. The Bertz CT molecular complexity index is 498. The predicted octanol–water partition coefficient (Wildman–Crippen LogP) is -3.62. The number of rotatable bonds is 8. The molecule has 0 aliphatic rings. The van der Waals surface area contributed by atoms with Crippen molar-refractivity contribution < 1.29 is 49.8 Å². The van der Waals surface area contributed by atoms with Gasteiger partial charge in [0, 0.05) is 0 Å². The molecule has 0 bridgehead atoms. The van der Waals surface area contributed by atoms with Crippen molar-refractivity contribution in [3.05, 3.63) is 0 Å². The Kier molecular flexibility index (Phi) is 5.70. The monoisotopic (exact) mass is 322 g/mol. The third-order valence-electron chi connectivity index (χ3n) is 3.60. The average molecular weight is 322 g/mol. The molecule has 4 unspecified atom stereocenters. The summed E-state index contributed by atoms with van der Waals surface area (Å²) in [5.41, 5.74) is -11.5. The number of aliphatic carboxylic acids is 1. The molecule has 10 nitrogen and oxygen atoms in total. The van der Waals surface area contributed by atoms with Crippen molar-refractivity contribution in [1.29, 1.82) is 0 Å². The Morgan fingerprint density at radius 2 is 1.32 bits per heavy atom. The van der Waals surface area contributed by atoms with Gasteiger partial charge in [0.15, 0.2) is 23.0 Å². The summed E-state index contributed by atoms with van der Waals surface area (Å²) in [4.78, 5) is 46.2. The molecule has 0 aliphatic carbocycles. The minimum absolute atomic E-state index is 0.494. The lowest BCUT2D eigenvalue weighted by Crippen LogP contribution is -2.81. The third-order valence-corrected chi connectivity index (χ3v) is 3.60. The Morgan fingerprint density at radius 1 is 0.909 bits per heavy atom. The Labute approximate surface area is 124 Å². The van der Waals surface area contributed by atoms with Gasteiger partial charge in [0.1, 0.15) is 6.10 Å². The maximum Gasteiger partial charge on any atom is 0.347 e. The highest BCUT2D eigenvalue weighted by molar-refractivity contribution is 6.15. The van der Waals surface area contributed by atoms with E-state index in [1.807, 2.05) is 0 Å². The normalized spacial score (nSPS) is 20.9. The Morgan fingerprint density at radius 3 is 1.50 bits per heavy atom. The smallest absolute Gasteiger partial charge is 0.347 e. The number of carbonyl (C=O) groups excluding carboxylic acids is 3. The number of aliphatic hydroxyl groups is 5. The molecule has 10 heteroatoms. The fraction of sp³-hybridized carbons (Fsp3) is 0.667. The third kappa shape index (κ3) is 2.34. The van der Waals surface area contributed by atoms with E-state index < -0.39 is 52.8 Å². The zero-order valence-corrected chi connectivity index (χ0v) is 12.1. The SMILES string of the molecule is CC(=O)C(O)(C(=O)O)C(O)(C(C)=O)C(O)(C(C)=O)C(O)CO. The van der Waals surface area contributed by atoms with Gasteiger partial charge in [-0.3, -0.25) is 14.4 Å². The van der Waals surface area contributed by atoms with Crippen molar-refractivity contribution >= 4 is 23.3 Å². The van der Waals surface area contributed by atoms with Crippen molar-refractivity contribution in [1.82, 2.24) is 0 Å². The lowest BCUT2D eigenvalue weighted by Gasteiger charge is -2.47. The van der Waals surface area contributed by atoms with Crippen molar-refractivity contribution in [3.8, 4) is 0 Å². The zero-order valence-electron chi connectivity index (χ0n) is 12.1. The van der Waals surface area contributed by atoms with Gasteiger partial charge < -0.3 is 30.6 Å². The molecular weight excluding hydrogens is 304 g/mol. The molecule has 0 radical (unpaired) electrons. The number of carboxylic acid groups (broad SMARTS) is 1. The van der Waals surface area contributed by atoms with Gasteiger partial charge in [0.25, 0.3) is 5.60 Å². The second-order valence-electron chi connectivity index (χ2n) is 4.86. The predicted molar refractivity (Wildman–Crippen MR) is 67.6 cm³/mol. The maximum atomic E-state index is 11.8. The Hall–Kier alpha value is -1.72. The fourth-order valence-corrected chi connectivity index (χ4v) is 2.22. The second-order valence-corrected chi connectivity index (χ2v) is 4.86. The summed E-state index contributed by atoms with van der Waals surface area (Å²) in [6, 6.07) is 0. The van der Waals surface area contributed by atoms with Crippen LogP contribution in [-0.4, -0.2) is 83.5 Å². The molecule has 0 heterocycles. The van der Waals surface area contributed by atoms with Gasteiger partial charge in [-0.25, -0.2) is 4.79 Å². The van der Waals surface area contributed by atoms with Crippen LogP contribution in [0.5, 0.6) is 0 Å². The van der Waals surface area contributed by atoms with Gasteiger partial charge in [0.2, 0.25) is 5.60 Å². The van der Waals surface area contributed by atoms with Crippen LogP contribution in [0.1, 0.15) is 20.8 Å². The lowest BCUT2D eigenvalue weighted by atomic mass is 9.63. The number of carboxylic acids is 1. The molecule has 0 spiro atoms. The van der Waals surface area contributed by atoms with Gasteiger partial charge in [0.05, 0.1) is 6.61 Å². The minimum atomic E-state index is -3.94. The molecule has 0 aromatic rings. The van der Waals surface area contributed by atoms with Gasteiger partial charge >= 0.3 is 5.97 Å². The standard InChI is InChI=1S/C12H18O10/c1-5(14)10(20,8(17)4-13)12(22,7(3)16)11(21,6(2)15)9(18)19/h8,13,17,20-22H,4H2,1-3H3,(H,18,19).